The van der Waals surface area contributed by atoms with E-state index in [1.807, 2.05) is 0 Å². The summed E-state index contributed by atoms with van der Waals surface area (Å²) >= 11 is 0. The smallest absolute Gasteiger partial charge is 0.321 e. The Bertz CT molecular complexity index is 702. The van der Waals surface area contributed by atoms with E-state index in [1.54, 1.807) is 47.6 Å². The van der Waals surface area contributed by atoms with Gasteiger partial charge in [0.1, 0.15) is 0 Å². The van der Waals surface area contributed by atoms with Crippen LogP contribution in [0.2, 0.25) is 0 Å². The quantitative estimate of drug-likeness (QED) is 0.912. The second-order valence-electron chi connectivity index (χ2n) is 5.14. The Morgan fingerprint density at radius 3 is 2.35 bits per heavy atom. The molecule has 1 fully saturated rings. The van der Waals surface area contributed by atoms with E-state index in [0.29, 0.717) is 43.4 Å². The van der Waals surface area contributed by atoms with E-state index < -0.39 is 0 Å². The minimum atomic E-state index is -0.136. The normalized spacial score (nSPS) is 14.2. The molecule has 0 bridgehead atoms. The Hall–Kier alpha value is -3.14. The van der Waals surface area contributed by atoms with Gasteiger partial charge < -0.3 is 15.1 Å². The van der Waals surface area contributed by atoms with Crippen molar-refractivity contribution in [3.63, 3.8) is 0 Å². The molecule has 2 amide bonds. The van der Waals surface area contributed by atoms with Crippen LogP contribution in [0, 0.1) is 11.3 Å². The number of carbonyl (C=O) groups excluding carboxylic acids is 1. The highest BCUT2D eigenvalue weighted by atomic mass is 16.2. The first kappa shape index (κ1) is 14.8. The molecule has 0 atom stereocenters. The van der Waals surface area contributed by atoms with E-state index >= 15 is 0 Å². The van der Waals surface area contributed by atoms with Gasteiger partial charge in [0.2, 0.25) is 5.95 Å². The van der Waals surface area contributed by atoms with Crippen molar-refractivity contribution in [2.24, 2.45) is 0 Å². The fourth-order valence-corrected chi connectivity index (χ4v) is 2.39. The van der Waals surface area contributed by atoms with Gasteiger partial charge in [-0.15, -0.1) is 0 Å². The number of nitriles is 1. The minimum Gasteiger partial charge on any atom is -0.337 e. The fourth-order valence-electron chi connectivity index (χ4n) is 2.39. The minimum absolute atomic E-state index is 0.136. The summed E-state index contributed by atoms with van der Waals surface area (Å²) in [7, 11) is 0. The van der Waals surface area contributed by atoms with Gasteiger partial charge in [-0.1, -0.05) is 0 Å². The largest absolute Gasteiger partial charge is 0.337 e. The molecule has 23 heavy (non-hydrogen) atoms. The lowest BCUT2D eigenvalue weighted by Gasteiger charge is -2.34. The number of aromatic nitrogens is 2. The number of benzene rings is 1. The van der Waals surface area contributed by atoms with Crippen molar-refractivity contribution >= 4 is 17.7 Å². The molecule has 1 aromatic carbocycles. The third-order valence-corrected chi connectivity index (χ3v) is 3.67. The number of nitrogens with one attached hydrogen (secondary N) is 1. The third kappa shape index (κ3) is 3.55. The van der Waals surface area contributed by atoms with Crippen LogP contribution in [0.1, 0.15) is 5.56 Å². The molecular formula is C16H16N6O. The van der Waals surface area contributed by atoms with Gasteiger partial charge in [0.25, 0.3) is 0 Å². The molecule has 7 nitrogen and oxygen atoms in total. The summed E-state index contributed by atoms with van der Waals surface area (Å²) in [6.07, 6.45) is 3.43. The predicted molar refractivity (Wildman–Crippen MR) is 86.0 cm³/mol. The van der Waals surface area contributed by atoms with Gasteiger partial charge in [-0.25, -0.2) is 14.8 Å². The second-order valence-corrected chi connectivity index (χ2v) is 5.14. The molecule has 0 aliphatic carbocycles. The first-order chi connectivity index (χ1) is 11.3. The van der Waals surface area contributed by atoms with Gasteiger partial charge in [-0.3, -0.25) is 0 Å². The van der Waals surface area contributed by atoms with Crippen molar-refractivity contribution in [3.8, 4) is 6.07 Å². The van der Waals surface area contributed by atoms with Gasteiger partial charge in [0, 0.05) is 44.3 Å². The number of amides is 2. The maximum atomic E-state index is 12.3. The van der Waals surface area contributed by atoms with Crippen LogP contribution in [-0.4, -0.2) is 47.1 Å². The summed E-state index contributed by atoms with van der Waals surface area (Å²) in [5.41, 5.74) is 1.25. The molecule has 1 saturated heterocycles. The van der Waals surface area contributed by atoms with Crippen LogP contribution in [-0.2, 0) is 0 Å². The molecule has 3 rings (SSSR count). The van der Waals surface area contributed by atoms with E-state index in [9.17, 15) is 4.79 Å². The maximum absolute atomic E-state index is 12.3. The molecule has 116 valence electrons. The standard InChI is InChI=1S/C16H16N6O/c17-12-13-2-4-14(5-3-13)20-16(23)22-10-8-21(9-11-22)15-18-6-1-7-19-15/h1-7H,8-11H2,(H,20,23). The molecule has 1 aromatic heterocycles. The molecule has 0 spiro atoms. The lowest BCUT2D eigenvalue weighted by atomic mass is 10.2. The first-order valence-corrected chi connectivity index (χ1v) is 7.34. The van der Waals surface area contributed by atoms with Gasteiger partial charge in [0.15, 0.2) is 0 Å². The van der Waals surface area contributed by atoms with Crippen molar-refractivity contribution in [2.75, 3.05) is 36.4 Å². The summed E-state index contributed by atoms with van der Waals surface area (Å²) in [5.74, 6) is 0.694. The average molecular weight is 308 g/mol. The Balaban J connectivity index is 1.55. The van der Waals surface area contributed by atoms with E-state index in [0.717, 1.165) is 0 Å². The van der Waals surface area contributed by atoms with Crippen LogP contribution >= 0.6 is 0 Å². The lowest BCUT2D eigenvalue weighted by molar-refractivity contribution is 0.208. The molecule has 1 aliphatic heterocycles. The second kappa shape index (κ2) is 6.75. The molecule has 7 heteroatoms. The maximum Gasteiger partial charge on any atom is 0.321 e. The number of rotatable bonds is 2. The Labute approximate surface area is 134 Å². The first-order valence-electron chi connectivity index (χ1n) is 7.34. The van der Waals surface area contributed by atoms with Crippen molar-refractivity contribution in [2.45, 2.75) is 0 Å². The summed E-state index contributed by atoms with van der Waals surface area (Å²) in [6.45, 7) is 2.62. The monoisotopic (exact) mass is 308 g/mol. The van der Waals surface area contributed by atoms with E-state index in [4.69, 9.17) is 5.26 Å². The summed E-state index contributed by atoms with van der Waals surface area (Å²) in [6, 6.07) is 10.5. The van der Waals surface area contributed by atoms with Crippen molar-refractivity contribution < 1.29 is 4.79 Å². The average Bonchev–Trinajstić information content (AvgIpc) is 2.63. The van der Waals surface area contributed by atoms with Crippen molar-refractivity contribution in [1.82, 2.24) is 14.9 Å². The number of urea groups is 1. The van der Waals surface area contributed by atoms with Crippen LogP contribution in [0.25, 0.3) is 0 Å². The number of carbonyl (C=O) groups is 1. The molecule has 0 saturated carbocycles. The van der Waals surface area contributed by atoms with E-state index in [-0.39, 0.29) is 6.03 Å². The van der Waals surface area contributed by atoms with Crippen molar-refractivity contribution in [3.05, 3.63) is 48.3 Å². The number of piperazine rings is 1. The van der Waals surface area contributed by atoms with E-state index in [2.05, 4.69) is 26.3 Å². The molecule has 0 radical (unpaired) electrons. The molecule has 2 aromatic rings. The topological polar surface area (TPSA) is 85.2 Å². The van der Waals surface area contributed by atoms with Crippen LogP contribution in [0.15, 0.2) is 42.7 Å². The van der Waals surface area contributed by atoms with Gasteiger partial charge in [-0.2, -0.15) is 5.26 Å². The van der Waals surface area contributed by atoms with Crippen LogP contribution in [0.5, 0.6) is 0 Å². The number of nitrogens with zero attached hydrogens (tertiary/aromatic N) is 5. The fraction of sp³-hybridized carbons (Fsp3) is 0.250. The highest BCUT2D eigenvalue weighted by Gasteiger charge is 2.22. The Kier molecular flexibility index (Phi) is 4.34. The zero-order chi connectivity index (χ0) is 16.1. The molecule has 0 unspecified atom stereocenters. The van der Waals surface area contributed by atoms with E-state index in [1.165, 1.54) is 0 Å². The highest BCUT2D eigenvalue weighted by molar-refractivity contribution is 5.89. The summed E-state index contributed by atoms with van der Waals surface area (Å²) < 4.78 is 0. The van der Waals surface area contributed by atoms with Gasteiger partial charge in [0.05, 0.1) is 11.6 Å². The van der Waals surface area contributed by atoms with Crippen molar-refractivity contribution in [1.29, 1.82) is 5.26 Å². The zero-order valence-electron chi connectivity index (χ0n) is 12.5. The highest BCUT2D eigenvalue weighted by Crippen LogP contribution is 2.13. The summed E-state index contributed by atoms with van der Waals surface area (Å²) in [4.78, 5) is 24.5. The predicted octanol–water partition coefficient (Wildman–Crippen LogP) is 1.70. The molecule has 2 heterocycles. The van der Waals surface area contributed by atoms with Crippen LogP contribution in [0.3, 0.4) is 0 Å². The van der Waals surface area contributed by atoms with Gasteiger partial charge >= 0.3 is 6.03 Å². The number of anilines is 2. The number of hydrogen-bond acceptors (Lipinski definition) is 5. The van der Waals surface area contributed by atoms with Crippen LogP contribution in [0.4, 0.5) is 16.4 Å². The molecule has 1 N–H and O–H groups in total. The lowest BCUT2D eigenvalue weighted by Crippen LogP contribution is -2.50. The van der Waals surface area contributed by atoms with Crippen LogP contribution < -0.4 is 10.2 Å². The number of hydrogen-bond donors (Lipinski definition) is 1. The Morgan fingerprint density at radius 1 is 1.09 bits per heavy atom. The van der Waals surface area contributed by atoms with Gasteiger partial charge in [-0.05, 0) is 30.3 Å². The SMILES string of the molecule is N#Cc1ccc(NC(=O)N2CCN(c3ncccn3)CC2)cc1. The Morgan fingerprint density at radius 2 is 1.74 bits per heavy atom. The summed E-state index contributed by atoms with van der Waals surface area (Å²) in [5, 5.41) is 11.6. The zero-order valence-corrected chi connectivity index (χ0v) is 12.5. The molecular weight excluding hydrogens is 292 g/mol. The third-order valence-electron chi connectivity index (χ3n) is 3.67. The molecule has 1 aliphatic rings.